The van der Waals surface area contributed by atoms with Crippen LogP contribution in [0.5, 0.6) is 17.2 Å². The number of ether oxygens (including phenoxy) is 4. The molecule has 13 nitrogen and oxygen atoms in total. The zero-order valence-electron chi connectivity index (χ0n) is 22.3. The third-order valence-electron chi connectivity index (χ3n) is 6.88. The lowest BCUT2D eigenvalue weighted by Crippen LogP contribution is -2.60. The van der Waals surface area contributed by atoms with Gasteiger partial charge in [-0.25, -0.2) is 0 Å². The first-order valence-corrected chi connectivity index (χ1v) is 13.2. The molecule has 1 saturated heterocycles. The second-order valence-electron chi connectivity index (χ2n) is 9.77. The molecule has 42 heavy (non-hydrogen) atoms. The van der Waals surface area contributed by atoms with E-state index >= 15 is 0 Å². The second kappa shape index (κ2) is 12.6. The van der Waals surface area contributed by atoms with E-state index < -0.39 is 49.3 Å². The summed E-state index contributed by atoms with van der Waals surface area (Å²) < 4.78 is 22.7. The van der Waals surface area contributed by atoms with Crippen LogP contribution in [0.1, 0.15) is 17.2 Å². The van der Waals surface area contributed by atoms with Gasteiger partial charge in [0.15, 0.2) is 11.5 Å². The number of anilines is 2. The van der Waals surface area contributed by atoms with Crippen molar-refractivity contribution in [2.75, 3.05) is 30.5 Å². The van der Waals surface area contributed by atoms with Gasteiger partial charge in [-0.1, -0.05) is 30.3 Å². The Bertz CT molecular complexity index is 1440. The molecule has 2 aliphatic rings. The molecule has 9 N–H and O–H groups in total. The molecule has 3 aromatic carbocycles. The summed E-state index contributed by atoms with van der Waals surface area (Å²) in [5.41, 5.74) is 7.37. The minimum atomic E-state index is -1.65. The van der Waals surface area contributed by atoms with E-state index in [0.29, 0.717) is 47.2 Å². The average Bonchev–Trinajstić information content (AvgIpc) is 3.00. The van der Waals surface area contributed by atoms with Crippen LogP contribution in [-0.2, 0) is 9.53 Å². The van der Waals surface area contributed by atoms with Gasteiger partial charge in [-0.2, -0.15) is 0 Å². The third kappa shape index (κ3) is 6.25. The highest BCUT2D eigenvalue weighted by atomic mass is 16.7. The van der Waals surface area contributed by atoms with Gasteiger partial charge in [-0.3, -0.25) is 10.2 Å². The number of hydrogen-bond acceptors (Lipinski definition) is 11. The van der Waals surface area contributed by atoms with Crippen LogP contribution in [0, 0.1) is 5.41 Å². The van der Waals surface area contributed by atoms with Crippen LogP contribution >= 0.6 is 0 Å². The van der Waals surface area contributed by atoms with Gasteiger partial charge < -0.3 is 55.7 Å². The first kappa shape index (κ1) is 29.1. The van der Waals surface area contributed by atoms with Crippen molar-refractivity contribution in [1.82, 2.24) is 0 Å². The van der Waals surface area contributed by atoms with E-state index in [4.69, 9.17) is 30.1 Å². The van der Waals surface area contributed by atoms with E-state index in [1.165, 1.54) is 0 Å². The number of fused-ring (bicyclic) bond motifs is 1. The molecule has 6 unspecified atom stereocenters. The second-order valence-corrected chi connectivity index (χ2v) is 9.77. The van der Waals surface area contributed by atoms with Crippen molar-refractivity contribution in [3.8, 4) is 17.2 Å². The van der Waals surface area contributed by atoms with Crippen LogP contribution in [0.15, 0.2) is 66.7 Å². The molecular formula is C29H32N4O9. The van der Waals surface area contributed by atoms with Crippen molar-refractivity contribution in [2.45, 2.75) is 36.7 Å². The molecule has 0 saturated carbocycles. The quantitative estimate of drug-likeness (QED) is 0.131. The number of carbonyl (C=O) groups excluding carboxylic acids is 1. The first-order chi connectivity index (χ1) is 20.2. The summed E-state index contributed by atoms with van der Waals surface area (Å²) in [5.74, 6) is 0.531. The maximum atomic E-state index is 13.9. The Labute approximate surface area is 240 Å². The molecule has 0 aliphatic carbocycles. The van der Waals surface area contributed by atoms with Crippen molar-refractivity contribution >= 4 is 23.1 Å². The topological polar surface area (TPSA) is 209 Å². The van der Waals surface area contributed by atoms with Crippen molar-refractivity contribution < 1.29 is 44.2 Å². The fourth-order valence-electron chi connectivity index (χ4n) is 4.68. The number of rotatable bonds is 9. The summed E-state index contributed by atoms with van der Waals surface area (Å²) in [6, 6.07) is 17.1. The van der Waals surface area contributed by atoms with Crippen molar-refractivity contribution in [3.63, 3.8) is 0 Å². The molecular weight excluding hydrogens is 548 g/mol. The summed E-state index contributed by atoms with van der Waals surface area (Å²) in [7, 11) is 0. The number of nitrogens with two attached hydrogens (primary N) is 1. The maximum absolute atomic E-state index is 13.9. The highest BCUT2D eigenvalue weighted by Gasteiger charge is 2.45. The summed E-state index contributed by atoms with van der Waals surface area (Å²) in [6.07, 6.45) is -7.50. The summed E-state index contributed by atoms with van der Waals surface area (Å²) >= 11 is 0. The lowest BCUT2D eigenvalue weighted by molar-refractivity contribution is -0.277. The van der Waals surface area contributed by atoms with Crippen LogP contribution in [0.3, 0.4) is 0 Å². The molecule has 13 heteroatoms. The van der Waals surface area contributed by atoms with Gasteiger partial charge >= 0.3 is 0 Å². The number of benzene rings is 3. The van der Waals surface area contributed by atoms with Crippen LogP contribution < -0.4 is 30.6 Å². The Balaban J connectivity index is 1.47. The van der Waals surface area contributed by atoms with Gasteiger partial charge in [-0.15, -0.1) is 0 Å². The highest BCUT2D eigenvalue weighted by Crippen LogP contribution is 2.35. The minimum Gasteiger partial charge on any atom is -0.486 e. The smallest absolute Gasteiger partial charge is 0.251 e. The Morgan fingerprint density at radius 3 is 2.48 bits per heavy atom. The Morgan fingerprint density at radius 1 is 0.952 bits per heavy atom. The molecule has 2 heterocycles. The Hall–Kier alpha value is -4.40. The first-order valence-electron chi connectivity index (χ1n) is 13.2. The minimum absolute atomic E-state index is 0.124. The van der Waals surface area contributed by atoms with Gasteiger partial charge in [0.25, 0.3) is 5.91 Å². The Kier molecular flexibility index (Phi) is 8.75. The number of amidine groups is 1. The number of nitrogen functional groups attached to an aromatic ring is 1. The number of para-hydroxylation sites is 1. The highest BCUT2D eigenvalue weighted by molar-refractivity contribution is 5.99. The Morgan fingerprint density at radius 2 is 1.71 bits per heavy atom. The largest absolute Gasteiger partial charge is 0.486 e. The predicted molar refractivity (Wildman–Crippen MR) is 151 cm³/mol. The van der Waals surface area contributed by atoms with Crippen molar-refractivity contribution in [3.05, 3.63) is 77.9 Å². The van der Waals surface area contributed by atoms with E-state index in [0.717, 1.165) is 0 Å². The van der Waals surface area contributed by atoms with E-state index in [-0.39, 0.29) is 11.6 Å². The maximum Gasteiger partial charge on any atom is 0.251 e. The molecule has 0 bridgehead atoms. The molecule has 222 valence electrons. The number of aliphatic hydroxyl groups is 4. The molecule has 1 fully saturated rings. The monoisotopic (exact) mass is 580 g/mol. The SMILES string of the molecule is N=C(N)c1cccc(NC(C(=O)Nc2ccc3c(c2)OCCO3)c2ccccc2OC2OC(CO)C(O)C(O)C2O)c1. The van der Waals surface area contributed by atoms with Gasteiger partial charge in [-0.05, 0) is 30.3 Å². The van der Waals surface area contributed by atoms with Crippen LogP contribution in [0.2, 0.25) is 0 Å². The lowest BCUT2D eigenvalue weighted by Gasteiger charge is -2.39. The zero-order valence-corrected chi connectivity index (χ0v) is 22.3. The molecule has 5 rings (SSSR count). The van der Waals surface area contributed by atoms with Gasteiger partial charge in [0.2, 0.25) is 6.29 Å². The van der Waals surface area contributed by atoms with Crippen molar-refractivity contribution in [1.29, 1.82) is 5.41 Å². The van der Waals surface area contributed by atoms with Gasteiger partial charge in [0.05, 0.1) is 6.61 Å². The van der Waals surface area contributed by atoms with E-state index in [1.54, 1.807) is 66.7 Å². The third-order valence-corrected chi connectivity index (χ3v) is 6.88. The molecule has 0 aromatic heterocycles. The predicted octanol–water partition coefficient (Wildman–Crippen LogP) is 0.712. The lowest BCUT2D eigenvalue weighted by atomic mass is 9.99. The number of nitrogens with one attached hydrogen (secondary N) is 3. The summed E-state index contributed by atoms with van der Waals surface area (Å²) in [5, 5.41) is 54.3. The number of hydrogen-bond donors (Lipinski definition) is 8. The standard InChI is InChI=1S/C29H32N4O9/c30-27(31)15-4-3-5-16(12-15)32-23(28(38)33-17-8-9-20-21(13-17)40-11-10-39-20)18-6-1-2-7-19(18)41-29-26(37)25(36)24(35)22(14-34)42-29/h1-9,12-13,22-26,29,32,34-37H,10-11,14H2,(H3,30,31)(H,33,38). The molecule has 6 atom stereocenters. The molecule has 3 aromatic rings. The van der Waals surface area contributed by atoms with E-state index in [9.17, 15) is 25.2 Å². The molecule has 2 aliphatic heterocycles. The summed E-state index contributed by atoms with van der Waals surface area (Å²) in [4.78, 5) is 13.9. The average molecular weight is 581 g/mol. The molecule has 1 amide bonds. The van der Waals surface area contributed by atoms with Crippen LogP contribution in [-0.4, -0.2) is 82.7 Å². The van der Waals surface area contributed by atoms with E-state index in [2.05, 4.69) is 10.6 Å². The number of aliphatic hydroxyl groups excluding tert-OH is 4. The summed E-state index contributed by atoms with van der Waals surface area (Å²) in [6.45, 7) is 0.181. The fraction of sp³-hybridized carbons (Fsp3) is 0.310. The van der Waals surface area contributed by atoms with E-state index in [1.807, 2.05) is 0 Å². The van der Waals surface area contributed by atoms with Crippen molar-refractivity contribution in [2.24, 2.45) is 5.73 Å². The van der Waals surface area contributed by atoms with Crippen LogP contribution in [0.25, 0.3) is 0 Å². The molecule has 0 radical (unpaired) electrons. The number of amides is 1. The van der Waals surface area contributed by atoms with Gasteiger partial charge in [0, 0.05) is 28.6 Å². The zero-order chi connectivity index (χ0) is 29.8. The van der Waals surface area contributed by atoms with Gasteiger partial charge in [0.1, 0.15) is 55.3 Å². The fourth-order valence-corrected chi connectivity index (χ4v) is 4.68. The van der Waals surface area contributed by atoms with Crippen LogP contribution in [0.4, 0.5) is 11.4 Å². The number of carbonyl (C=O) groups is 1. The normalized spacial score (nSPS) is 23.9. The molecule has 0 spiro atoms.